The van der Waals surface area contributed by atoms with Gasteiger partial charge in [0.05, 0.1) is 7.11 Å². The Bertz CT molecular complexity index is 370. The number of ether oxygens (including phenoxy) is 1. The Morgan fingerprint density at radius 2 is 1.95 bits per heavy atom. The molecule has 0 saturated heterocycles. The Balaban J connectivity index is 4.41. The molecule has 0 bridgehead atoms. The first kappa shape index (κ1) is 16.7. The summed E-state index contributed by atoms with van der Waals surface area (Å²) in [6.45, 7) is -0.315. The van der Waals surface area contributed by atoms with Crippen molar-refractivity contribution in [1.29, 1.82) is 0 Å². The molecule has 0 spiro atoms. The zero-order valence-corrected chi connectivity index (χ0v) is 10.7. The highest BCUT2D eigenvalue weighted by Crippen LogP contribution is 1.99. The van der Waals surface area contributed by atoms with Gasteiger partial charge in [0.15, 0.2) is 0 Å². The van der Waals surface area contributed by atoms with Crippen LogP contribution in [0.2, 0.25) is 0 Å². The number of nitrogens with zero attached hydrogens (tertiary/aromatic N) is 1. The maximum atomic E-state index is 11.6. The molecule has 19 heavy (non-hydrogen) atoms. The summed E-state index contributed by atoms with van der Waals surface area (Å²) < 4.78 is 4.36. The van der Waals surface area contributed by atoms with Gasteiger partial charge in [-0.15, -0.1) is 0 Å². The Morgan fingerprint density at radius 3 is 2.37 bits per heavy atom. The van der Waals surface area contributed by atoms with E-state index in [0.29, 0.717) is 0 Å². The van der Waals surface area contributed by atoms with Crippen LogP contribution in [0.5, 0.6) is 0 Å². The van der Waals surface area contributed by atoms with Crippen LogP contribution in [-0.4, -0.2) is 60.6 Å². The number of rotatable bonds is 7. The molecule has 0 aromatic heterocycles. The number of carbonyl (C=O) groups is 4. The highest BCUT2D eigenvalue weighted by molar-refractivity contribution is 5.85. The summed E-state index contributed by atoms with van der Waals surface area (Å²) in [5, 5.41) is 11.0. The molecule has 0 aromatic rings. The van der Waals surface area contributed by atoms with Crippen LogP contribution in [0.1, 0.15) is 12.8 Å². The minimum atomic E-state index is -1.29. The molecule has 0 aromatic carbocycles. The Hall–Kier alpha value is -2.32. The quantitative estimate of drug-likeness (QED) is 0.484. The standard InChI is InChI=1S/C10H17N3O6/c1-13(5-8(15)19-2)10(18)12-6(9(16)17)3-4-7(11)14/h6H,3-5H2,1-2H3,(H2,11,14)(H,12,18)(H,16,17)/t6-/m1/s1. The molecule has 0 radical (unpaired) electrons. The Morgan fingerprint density at radius 1 is 1.37 bits per heavy atom. The minimum absolute atomic E-state index is 0.123. The van der Waals surface area contributed by atoms with E-state index >= 15 is 0 Å². The van der Waals surface area contributed by atoms with Crippen molar-refractivity contribution < 1.29 is 29.0 Å². The summed E-state index contributed by atoms with van der Waals surface area (Å²) in [6.07, 6.45) is -0.291. The predicted molar refractivity (Wildman–Crippen MR) is 63.0 cm³/mol. The van der Waals surface area contributed by atoms with Gasteiger partial charge >= 0.3 is 18.0 Å². The van der Waals surface area contributed by atoms with Crippen LogP contribution < -0.4 is 11.1 Å². The maximum absolute atomic E-state index is 11.6. The first-order valence-electron chi connectivity index (χ1n) is 5.37. The monoisotopic (exact) mass is 275 g/mol. The number of amides is 3. The van der Waals surface area contributed by atoms with Gasteiger partial charge in [0.2, 0.25) is 5.91 Å². The molecule has 0 fully saturated rings. The van der Waals surface area contributed by atoms with E-state index in [1.807, 2.05) is 0 Å². The topological polar surface area (TPSA) is 139 Å². The number of carboxylic acids is 1. The van der Waals surface area contributed by atoms with E-state index in [1.165, 1.54) is 14.2 Å². The lowest BCUT2D eigenvalue weighted by Gasteiger charge is -2.20. The van der Waals surface area contributed by atoms with Gasteiger partial charge < -0.3 is 25.8 Å². The number of nitrogens with one attached hydrogen (secondary N) is 1. The fourth-order valence-corrected chi connectivity index (χ4v) is 1.13. The normalized spacial score (nSPS) is 11.3. The second-order valence-corrected chi connectivity index (χ2v) is 3.78. The van der Waals surface area contributed by atoms with Gasteiger partial charge in [-0.1, -0.05) is 0 Å². The predicted octanol–water partition coefficient (Wildman–Crippen LogP) is -1.48. The number of likely N-dealkylation sites (N-methyl/N-ethyl adjacent to an activating group) is 1. The number of urea groups is 1. The molecule has 4 N–H and O–H groups in total. The fourth-order valence-electron chi connectivity index (χ4n) is 1.13. The SMILES string of the molecule is COC(=O)CN(C)C(=O)N[C@H](CCC(N)=O)C(=O)O. The number of hydrogen-bond acceptors (Lipinski definition) is 5. The third kappa shape index (κ3) is 6.86. The molecule has 9 nitrogen and oxygen atoms in total. The molecule has 3 amide bonds. The largest absolute Gasteiger partial charge is 0.480 e. The van der Waals surface area contributed by atoms with Crippen molar-refractivity contribution in [1.82, 2.24) is 10.2 Å². The van der Waals surface area contributed by atoms with Crippen LogP contribution in [0.3, 0.4) is 0 Å². The molecule has 0 saturated carbocycles. The van der Waals surface area contributed by atoms with Crippen molar-refractivity contribution in [2.24, 2.45) is 5.73 Å². The molecule has 0 aliphatic rings. The molecule has 108 valence electrons. The van der Waals surface area contributed by atoms with E-state index in [4.69, 9.17) is 10.8 Å². The van der Waals surface area contributed by atoms with Crippen LogP contribution in [-0.2, 0) is 19.1 Å². The van der Waals surface area contributed by atoms with Crippen molar-refractivity contribution in [3.8, 4) is 0 Å². The first-order chi connectivity index (χ1) is 8.77. The average Bonchev–Trinajstić information content (AvgIpc) is 2.32. The number of aliphatic carboxylic acids is 1. The summed E-state index contributed by atoms with van der Waals surface area (Å²) >= 11 is 0. The van der Waals surface area contributed by atoms with Gasteiger partial charge in [0.25, 0.3) is 0 Å². The number of nitrogens with two attached hydrogens (primary N) is 1. The number of carboxylic acid groups (broad SMARTS) is 1. The summed E-state index contributed by atoms with van der Waals surface area (Å²) in [5.74, 6) is -2.59. The summed E-state index contributed by atoms with van der Waals surface area (Å²) in [7, 11) is 2.47. The molecule has 0 rings (SSSR count). The fraction of sp³-hybridized carbons (Fsp3) is 0.600. The van der Waals surface area contributed by atoms with Gasteiger partial charge in [-0.05, 0) is 6.42 Å². The van der Waals surface area contributed by atoms with Crippen LogP contribution in [0.4, 0.5) is 4.79 Å². The van der Waals surface area contributed by atoms with Crippen molar-refractivity contribution in [3.63, 3.8) is 0 Å². The van der Waals surface area contributed by atoms with Crippen molar-refractivity contribution in [2.75, 3.05) is 20.7 Å². The minimum Gasteiger partial charge on any atom is -0.480 e. The van der Waals surface area contributed by atoms with Gasteiger partial charge in [0, 0.05) is 13.5 Å². The maximum Gasteiger partial charge on any atom is 0.326 e. The van der Waals surface area contributed by atoms with Gasteiger partial charge in [-0.25, -0.2) is 9.59 Å². The number of methoxy groups -OCH3 is 1. The molecule has 9 heteroatoms. The smallest absolute Gasteiger partial charge is 0.326 e. The molecular formula is C10H17N3O6. The van der Waals surface area contributed by atoms with Gasteiger partial charge in [-0.3, -0.25) is 9.59 Å². The number of primary amides is 1. The molecule has 0 aliphatic carbocycles. The number of carbonyl (C=O) groups excluding carboxylic acids is 3. The molecule has 0 heterocycles. The molecule has 0 aliphatic heterocycles. The number of hydrogen-bond donors (Lipinski definition) is 3. The van der Waals surface area contributed by atoms with Crippen LogP contribution in [0, 0.1) is 0 Å². The first-order valence-corrected chi connectivity index (χ1v) is 5.37. The van der Waals surface area contributed by atoms with E-state index in [1.54, 1.807) is 0 Å². The second-order valence-electron chi connectivity index (χ2n) is 3.78. The summed E-state index contributed by atoms with van der Waals surface area (Å²) in [6, 6.07) is -2.01. The highest BCUT2D eigenvalue weighted by Gasteiger charge is 2.23. The number of esters is 1. The van der Waals surface area contributed by atoms with E-state index in [2.05, 4.69) is 10.1 Å². The van der Waals surface area contributed by atoms with Gasteiger partial charge in [-0.2, -0.15) is 0 Å². The van der Waals surface area contributed by atoms with Crippen molar-refractivity contribution in [2.45, 2.75) is 18.9 Å². The van der Waals surface area contributed by atoms with E-state index in [-0.39, 0.29) is 19.4 Å². The Labute approximate surface area is 109 Å². The summed E-state index contributed by atoms with van der Waals surface area (Å²) in [4.78, 5) is 44.9. The third-order valence-corrected chi connectivity index (χ3v) is 2.22. The average molecular weight is 275 g/mol. The lowest BCUT2D eigenvalue weighted by molar-refractivity contribution is -0.141. The lowest BCUT2D eigenvalue weighted by atomic mass is 10.1. The van der Waals surface area contributed by atoms with Crippen LogP contribution >= 0.6 is 0 Å². The van der Waals surface area contributed by atoms with E-state index in [9.17, 15) is 19.2 Å². The third-order valence-electron chi connectivity index (χ3n) is 2.22. The van der Waals surface area contributed by atoms with Gasteiger partial charge in [0.1, 0.15) is 12.6 Å². The van der Waals surface area contributed by atoms with Crippen molar-refractivity contribution in [3.05, 3.63) is 0 Å². The van der Waals surface area contributed by atoms with Crippen LogP contribution in [0.25, 0.3) is 0 Å². The van der Waals surface area contributed by atoms with Crippen molar-refractivity contribution >= 4 is 23.9 Å². The molecule has 1 atom stereocenters. The Kier molecular flexibility index (Phi) is 6.94. The van der Waals surface area contributed by atoms with E-state index < -0.39 is 29.9 Å². The lowest BCUT2D eigenvalue weighted by Crippen LogP contribution is -2.48. The second kappa shape index (κ2) is 7.90. The molecular weight excluding hydrogens is 258 g/mol. The van der Waals surface area contributed by atoms with Crippen LogP contribution in [0.15, 0.2) is 0 Å². The zero-order valence-electron chi connectivity index (χ0n) is 10.7. The molecule has 0 unspecified atom stereocenters. The highest BCUT2D eigenvalue weighted by atomic mass is 16.5. The summed E-state index contributed by atoms with van der Waals surface area (Å²) in [5.41, 5.74) is 4.90. The van der Waals surface area contributed by atoms with E-state index in [0.717, 1.165) is 4.90 Å². The zero-order chi connectivity index (χ0) is 15.0.